The standard InChI is InChI=1S/C36H46N4.V/c1-9-21-22(10-2)30-18-32-25(13-5)26(14-6)34(39-32)20-36-28(16-8)27(15-7)35(40-36)19-33-24(12-4)23(11-3)31(38-33)17-29(21)37-30;/h17-20,37-38H,9-16H2,1-8H3;. The van der Waals surface area contributed by atoms with Gasteiger partial charge in [0, 0.05) is 40.6 Å². The number of aromatic nitrogens is 4. The van der Waals surface area contributed by atoms with Gasteiger partial charge >= 0.3 is 0 Å². The van der Waals surface area contributed by atoms with E-state index in [9.17, 15) is 0 Å². The van der Waals surface area contributed by atoms with Crippen LogP contribution >= 0.6 is 0 Å². The van der Waals surface area contributed by atoms with Gasteiger partial charge in [0.15, 0.2) is 0 Å². The van der Waals surface area contributed by atoms with Gasteiger partial charge in [0.25, 0.3) is 0 Å². The summed E-state index contributed by atoms with van der Waals surface area (Å²) in [6.07, 6.45) is 7.84. The summed E-state index contributed by atoms with van der Waals surface area (Å²) in [7, 11) is 0. The summed E-state index contributed by atoms with van der Waals surface area (Å²) < 4.78 is 0. The van der Waals surface area contributed by atoms with Crippen LogP contribution < -0.4 is 0 Å². The summed E-state index contributed by atoms with van der Waals surface area (Å²) in [5.74, 6) is 0. The van der Waals surface area contributed by atoms with Crippen LogP contribution in [0.25, 0.3) is 44.4 Å². The maximum atomic E-state index is 5.28. The third-order valence-corrected chi connectivity index (χ3v) is 8.97. The summed E-state index contributed by atoms with van der Waals surface area (Å²) >= 11 is 0. The number of aryl methyl sites for hydroxylation is 4. The van der Waals surface area contributed by atoms with Crippen molar-refractivity contribution >= 4 is 44.4 Å². The summed E-state index contributed by atoms with van der Waals surface area (Å²) in [6, 6.07) is 9.24. The Hall–Kier alpha value is -2.82. The first-order valence-electron chi connectivity index (χ1n) is 15.7. The molecule has 8 bridgehead atoms. The molecule has 0 unspecified atom stereocenters. The normalized spacial score (nSPS) is 13.3. The fraction of sp³-hybridized carbons (Fsp3) is 0.444. The third kappa shape index (κ3) is 5.30. The van der Waals surface area contributed by atoms with Crippen LogP contribution in [-0.4, -0.2) is 19.9 Å². The van der Waals surface area contributed by atoms with Crippen LogP contribution in [-0.2, 0) is 44.2 Å². The van der Waals surface area contributed by atoms with Crippen LogP contribution in [0.1, 0.15) is 126 Å². The first kappa shape index (κ1) is 31.1. The van der Waals surface area contributed by atoms with Crippen LogP contribution in [0.3, 0.4) is 0 Å². The average molecular weight is 586 g/mol. The Morgan fingerprint density at radius 1 is 0.390 bits per heavy atom. The van der Waals surface area contributed by atoms with Crippen molar-refractivity contribution in [3.8, 4) is 0 Å². The number of aromatic amines is 2. The largest absolute Gasteiger partial charge is 0.355 e. The van der Waals surface area contributed by atoms with Crippen molar-refractivity contribution < 1.29 is 18.6 Å². The summed E-state index contributed by atoms with van der Waals surface area (Å²) in [5, 5.41) is 0. The van der Waals surface area contributed by atoms with E-state index in [0.717, 1.165) is 74.1 Å². The molecule has 1 radical (unpaired) electrons. The SMILES string of the molecule is CCC1=C(CC)c2cc3[nH]c(cc4[nH]c(cc5nc(cc1n2)C(CC)=C5CC)c(CC)c4CC)c(CC)c3CC.[V]. The van der Waals surface area contributed by atoms with Crippen LogP contribution in [0, 0.1) is 0 Å². The molecular weight excluding hydrogens is 539 g/mol. The van der Waals surface area contributed by atoms with Gasteiger partial charge in [-0.1, -0.05) is 55.4 Å². The van der Waals surface area contributed by atoms with E-state index < -0.39 is 0 Å². The fourth-order valence-corrected chi connectivity index (χ4v) is 7.10. The first-order chi connectivity index (χ1) is 19.5. The predicted molar refractivity (Wildman–Crippen MR) is 173 cm³/mol. The molecule has 4 nitrogen and oxygen atoms in total. The fourth-order valence-electron chi connectivity index (χ4n) is 7.10. The first-order valence-corrected chi connectivity index (χ1v) is 15.7. The van der Waals surface area contributed by atoms with Crippen LogP contribution in [0.2, 0.25) is 0 Å². The number of allylic oxidation sites excluding steroid dienone is 4. The van der Waals surface area contributed by atoms with E-state index in [1.54, 1.807) is 0 Å². The van der Waals surface area contributed by atoms with Gasteiger partial charge in [-0.05, 0) is 120 Å². The number of rotatable bonds is 8. The number of nitrogens with one attached hydrogen (secondary N) is 2. The molecule has 0 saturated carbocycles. The van der Waals surface area contributed by atoms with Gasteiger partial charge in [-0.2, -0.15) is 0 Å². The Balaban J connectivity index is 0.00000387. The van der Waals surface area contributed by atoms with Crippen molar-refractivity contribution in [2.24, 2.45) is 0 Å². The molecule has 2 N–H and O–H groups in total. The third-order valence-electron chi connectivity index (χ3n) is 8.97. The van der Waals surface area contributed by atoms with E-state index in [-0.39, 0.29) is 18.6 Å². The predicted octanol–water partition coefficient (Wildman–Crippen LogP) is 10.0. The number of nitrogens with zero attached hydrogens (tertiary/aromatic N) is 2. The van der Waals surface area contributed by atoms with Gasteiger partial charge in [-0.25, -0.2) is 9.97 Å². The number of hydrogen-bond acceptors (Lipinski definition) is 2. The molecule has 5 heteroatoms. The maximum absolute atomic E-state index is 5.28. The molecule has 0 amide bonds. The second kappa shape index (κ2) is 13.0. The Kier molecular flexibility index (Phi) is 9.87. The topological polar surface area (TPSA) is 57.4 Å². The van der Waals surface area contributed by atoms with Crippen molar-refractivity contribution in [1.29, 1.82) is 0 Å². The molecule has 0 atom stereocenters. The van der Waals surface area contributed by atoms with E-state index in [4.69, 9.17) is 9.97 Å². The number of H-pyrrole nitrogens is 2. The second-order valence-corrected chi connectivity index (χ2v) is 10.9. The smallest absolute Gasteiger partial charge is 0.0694 e. The zero-order valence-electron chi connectivity index (χ0n) is 26.3. The molecule has 5 rings (SSSR count). The summed E-state index contributed by atoms with van der Waals surface area (Å²) in [5.41, 5.74) is 20.2. The van der Waals surface area contributed by atoms with Gasteiger partial charge in [-0.3, -0.25) is 0 Å². The minimum absolute atomic E-state index is 0. The molecule has 3 aromatic heterocycles. The van der Waals surface area contributed by atoms with Crippen molar-refractivity contribution in [2.75, 3.05) is 0 Å². The Bertz CT molecular complexity index is 1560. The van der Waals surface area contributed by atoms with E-state index in [1.807, 2.05) is 0 Å². The minimum atomic E-state index is 0. The summed E-state index contributed by atoms with van der Waals surface area (Å²) in [4.78, 5) is 18.2. The van der Waals surface area contributed by atoms with E-state index in [0.29, 0.717) is 0 Å². The van der Waals surface area contributed by atoms with Gasteiger partial charge < -0.3 is 9.97 Å². The van der Waals surface area contributed by atoms with Crippen molar-refractivity contribution in [2.45, 2.75) is 107 Å². The van der Waals surface area contributed by atoms with E-state index >= 15 is 0 Å². The quantitative estimate of drug-likeness (QED) is 0.276. The van der Waals surface area contributed by atoms with Crippen molar-refractivity contribution in [3.05, 3.63) is 69.3 Å². The molecular formula is C36H46N4V. The minimum Gasteiger partial charge on any atom is -0.355 e. The van der Waals surface area contributed by atoms with E-state index in [2.05, 4.69) is 89.6 Å². The molecule has 41 heavy (non-hydrogen) atoms. The molecule has 0 aromatic carbocycles. The molecule has 5 heterocycles. The summed E-state index contributed by atoms with van der Waals surface area (Å²) in [6.45, 7) is 18.1. The molecule has 0 spiro atoms. The van der Waals surface area contributed by atoms with Gasteiger partial charge in [-0.15, -0.1) is 0 Å². The van der Waals surface area contributed by atoms with Crippen LogP contribution in [0.5, 0.6) is 0 Å². The molecule has 0 saturated heterocycles. The average Bonchev–Trinajstić information content (AvgIpc) is 3.67. The van der Waals surface area contributed by atoms with Crippen LogP contribution in [0.4, 0.5) is 0 Å². The Morgan fingerprint density at radius 2 is 0.659 bits per heavy atom. The van der Waals surface area contributed by atoms with Gasteiger partial charge in [0.2, 0.25) is 0 Å². The Labute approximate surface area is 258 Å². The zero-order chi connectivity index (χ0) is 28.6. The molecule has 2 aliphatic heterocycles. The van der Waals surface area contributed by atoms with E-state index in [1.165, 1.54) is 66.6 Å². The number of hydrogen-bond donors (Lipinski definition) is 2. The molecule has 3 aromatic rings. The molecule has 0 fully saturated rings. The molecule has 0 aliphatic carbocycles. The second-order valence-electron chi connectivity index (χ2n) is 10.9. The van der Waals surface area contributed by atoms with Crippen molar-refractivity contribution in [3.63, 3.8) is 0 Å². The zero-order valence-corrected chi connectivity index (χ0v) is 27.7. The van der Waals surface area contributed by atoms with Crippen LogP contribution in [0.15, 0.2) is 24.3 Å². The molecule has 215 valence electrons. The monoisotopic (exact) mass is 585 g/mol. The number of fused-ring (bicyclic) bond motifs is 8. The Morgan fingerprint density at radius 3 is 0.927 bits per heavy atom. The van der Waals surface area contributed by atoms with Gasteiger partial charge in [0.05, 0.1) is 22.8 Å². The van der Waals surface area contributed by atoms with Crippen molar-refractivity contribution in [1.82, 2.24) is 19.9 Å². The maximum Gasteiger partial charge on any atom is 0.0694 e. The van der Waals surface area contributed by atoms with Gasteiger partial charge in [0.1, 0.15) is 0 Å². The molecule has 2 aliphatic rings.